The highest BCUT2D eigenvalue weighted by Gasteiger charge is 2.15. The van der Waals surface area contributed by atoms with Crippen LogP contribution in [0.2, 0.25) is 0 Å². The molecule has 7 aromatic rings. The minimum atomic E-state index is 0.562. The van der Waals surface area contributed by atoms with E-state index in [0.717, 1.165) is 23.1 Å². The Hall–Kier alpha value is -4.63. The summed E-state index contributed by atoms with van der Waals surface area (Å²) in [5.74, 6) is 1.23. The van der Waals surface area contributed by atoms with Crippen LogP contribution in [0, 0.1) is 5.92 Å². The van der Waals surface area contributed by atoms with Crippen LogP contribution in [-0.4, -0.2) is 9.55 Å². The average Bonchev–Trinajstić information content (AvgIpc) is 3.53. The molecule has 3 heteroatoms. The molecule has 0 N–H and O–H groups in total. The van der Waals surface area contributed by atoms with Crippen molar-refractivity contribution < 1.29 is 4.42 Å². The van der Waals surface area contributed by atoms with Crippen molar-refractivity contribution in [3.63, 3.8) is 0 Å². The molecule has 38 heavy (non-hydrogen) atoms. The fraction of sp³-hybridized carbons (Fsp3) is 0.114. The second-order valence-corrected chi connectivity index (χ2v) is 10.4. The molecule has 0 saturated heterocycles. The molecule has 2 heterocycles. The van der Waals surface area contributed by atoms with Gasteiger partial charge in [0.1, 0.15) is 5.52 Å². The Bertz CT molecular complexity index is 1910. The van der Waals surface area contributed by atoms with Crippen LogP contribution in [0.3, 0.4) is 0 Å². The Morgan fingerprint density at radius 2 is 1.37 bits per heavy atom. The van der Waals surface area contributed by atoms with Crippen molar-refractivity contribution in [1.82, 2.24) is 9.55 Å². The molecule has 0 bridgehead atoms. The van der Waals surface area contributed by atoms with Crippen molar-refractivity contribution in [3.05, 3.63) is 121 Å². The normalized spacial score (nSPS) is 11.8. The third-order valence-electron chi connectivity index (χ3n) is 7.28. The Kier molecular flexibility index (Phi) is 5.36. The largest absolute Gasteiger partial charge is 0.436 e. The summed E-state index contributed by atoms with van der Waals surface area (Å²) >= 11 is 0. The van der Waals surface area contributed by atoms with Gasteiger partial charge in [0.05, 0.1) is 11.0 Å². The van der Waals surface area contributed by atoms with Crippen LogP contribution in [0.25, 0.3) is 61.2 Å². The van der Waals surface area contributed by atoms with E-state index < -0.39 is 0 Å². The van der Waals surface area contributed by atoms with Gasteiger partial charge in [-0.15, -0.1) is 0 Å². The number of nitrogens with zero attached hydrogens (tertiary/aromatic N) is 2. The number of oxazole rings is 1. The summed E-state index contributed by atoms with van der Waals surface area (Å²) in [5, 5.41) is 2.51. The van der Waals surface area contributed by atoms with Gasteiger partial charge in [0, 0.05) is 22.0 Å². The summed E-state index contributed by atoms with van der Waals surface area (Å²) in [6, 6.07) is 40.8. The van der Waals surface area contributed by atoms with Gasteiger partial charge in [-0.1, -0.05) is 80.6 Å². The lowest BCUT2D eigenvalue weighted by Gasteiger charge is -2.08. The third kappa shape index (κ3) is 3.79. The molecule has 5 aromatic carbocycles. The quantitative estimate of drug-likeness (QED) is 0.240. The number of para-hydroxylation sites is 3. The number of benzene rings is 5. The van der Waals surface area contributed by atoms with Crippen LogP contribution in [-0.2, 0) is 6.42 Å². The van der Waals surface area contributed by atoms with Gasteiger partial charge >= 0.3 is 0 Å². The Labute approximate surface area is 222 Å². The molecule has 0 aliphatic heterocycles. The van der Waals surface area contributed by atoms with Crippen molar-refractivity contribution in [1.29, 1.82) is 0 Å². The summed E-state index contributed by atoms with van der Waals surface area (Å²) in [4.78, 5) is 4.79. The van der Waals surface area contributed by atoms with E-state index in [1.54, 1.807) is 0 Å². The Morgan fingerprint density at radius 1 is 0.658 bits per heavy atom. The minimum Gasteiger partial charge on any atom is -0.436 e. The van der Waals surface area contributed by atoms with Gasteiger partial charge in [-0.3, -0.25) is 0 Å². The molecule has 0 aliphatic carbocycles. The summed E-state index contributed by atoms with van der Waals surface area (Å²) in [7, 11) is 0. The monoisotopic (exact) mass is 492 g/mol. The number of aromatic nitrogens is 2. The maximum Gasteiger partial charge on any atom is 0.227 e. The number of rotatable bonds is 5. The van der Waals surface area contributed by atoms with E-state index in [-0.39, 0.29) is 0 Å². The molecular weight excluding hydrogens is 464 g/mol. The van der Waals surface area contributed by atoms with E-state index >= 15 is 0 Å². The van der Waals surface area contributed by atoms with Gasteiger partial charge in [-0.2, -0.15) is 0 Å². The maximum atomic E-state index is 6.27. The van der Waals surface area contributed by atoms with E-state index in [9.17, 15) is 0 Å². The average molecular weight is 493 g/mol. The Balaban J connectivity index is 1.28. The smallest absolute Gasteiger partial charge is 0.227 e. The molecule has 2 aromatic heterocycles. The molecular formula is C35H28N2O. The lowest BCUT2D eigenvalue weighted by molar-refractivity contribution is 0.599. The molecule has 0 radical (unpaired) electrons. The zero-order valence-electron chi connectivity index (χ0n) is 21.6. The molecule has 7 rings (SSSR count). The minimum absolute atomic E-state index is 0.562. The zero-order valence-corrected chi connectivity index (χ0v) is 21.6. The highest BCUT2D eigenvalue weighted by Crippen LogP contribution is 2.35. The standard InChI is InChI=1S/C35H28N2O/c1-23(2)21-27-9-8-13-31-34(27)38-35(36-31)25-17-15-24(16-18-25)26-19-20-33-30(22-26)29-12-6-7-14-32(29)37(33)28-10-4-3-5-11-28/h3-20,22-23H,21H2,1-2H3. The van der Waals surface area contributed by atoms with Gasteiger partial charge in [0.15, 0.2) is 5.58 Å². The summed E-state index contributed by atoms with van der Waals surface area (Å²) in [5.41, 5.74) is 9.99. The van der Waals surface area contributed by atoms with Crippen molar-refractivity contribution in [2.24, 2.45) is 5.92 Å². The molecule has 0 amide bonds. The first-order chi connectivity index (χ1) is 18.7. The molecule has 3 nitrogen and oxygen atoms in total. The van der Waals surface area contributed by atoms with Crippen LogP contribution < -0.4 is 0 Å². The van der Waals surface area contributed by atoms with Gasteiger partial charge in [-0.05, 0) is 77.6 Å². The molecule has 0 atom stereocenters. The highest BCUT2D eigenvalue weighted by molar-refractivity contribution is 6.10. The fourth-order valence-corrected chi connectivity index (χ4v) is 5.54. The van der Waals surface area contributed by atoms with E-state index in [1.165, 1.54) is 44.2 Å². The topological polar surface area (TPSA) is 31.0 Å². The van der Waals surface area contributed by atoms with Crippen molar-refractivity contribution >= 4 is 32.9 Å². The van der Waals surface area contributed by atoms with Gasteiger partial charge < -0.3 is 8.98 Å². The molecule has 0 aliphatic rings. The maximum absolute atomic E-state index is 6.27. The first kappa shape index (κ1) is 22.6. The Morgan fingerprint density at radius 3 is 2.18 bits per heavy atom. The molecule has 0 unspecified atom stereocenters. The number of hydrogen-bond donors (Lipinski definition) is 0. The molecule has 0 fully saturated rings. The second kappa shape index (κ2) is 9.04. The van der Waals surface area contributed by atoms with Crippen molar-refractivity contribution in [3.8, 4) is 28.3 Å². The van der Waals surface area contributed by atoms with E-state index in [0.29, 0.717) is 11.8 Å². The summed E-state index contributed by atoms with van der Waals surface area (Å²) in [6.07, 6.45) is 0.980. The van der Waals surface area contributed by atoms with Crippen LogP contribution >= 0.6 is 0 Å². The molecule has 184 valence electrons. The van der Waals surface area contributed by atoms with Crippen LogP contribution in [0.1, 0.15) is 19.4 Å². The van der Waals surface area contributed by atoms with Crippen LogP contribution in [0.4, 0.5) is 0 Å². The van der Waals surface area contributed by atoms with Gasteiger partial charge in [0.2, 0.25) is 5.89 Å². The van der Waals surface area contributed by atoms with Crippen molar-refractivity contribution in [2.45, 2.75) is 20.3 Å². The number of hydrogen-bond acceptors (Lipinski definition) is 2. The van der Waals surface area contributed by atoms with Gasteiger partial charge in [-0.25, -0.2) is 4.98 Å². The first-order valence-corrected chi connectivity index (χ1v) is 13.2. The van der Waals surface area contributed by atoms with E-state index in [2.05, 4.69) is 128 Å². The lowest BCUT2D eigenvalue weighted by atomic mass is 10.0. The van der Waals surface area contributed by atoms with E-state index in [4.69, 9.17) is 9.40 Å². The van der Waals surface area contributed by atoms with Gasteiger partial charge in [0.25, 0.3) is 0 Å². The van der Waals surface area contributed by atoms with E-state index in [1.807, 2.05) is 6.07 Å². The van der Waals surface area contributed by atoms with Crippen molar-refractivity contribution in [2.75, 3.05) is 0 Å². The van der Waals surface area contributed by atoms with Crippen LogP contribution in [0.15, 0.2) is 120 Å². The zero-order chi connectivity index (χ0) is 25.6. The number of fused-ring (bicyclic) bond motifs is 4. The fourth-order valence-electron chi connectivity index (χ4n) is 5.54. The first-order valence-electron chi connectivity index (χ1n) is 13.2. The molecule has 0 spiro atoms. The lowest BCUT2D eigenvalue weighted by Crippen LogP contribution is -1.93. The summed E-state index contributed by atoms with van der Waals surface area (Å²) in [6.45, 7) is 4.46. The predicted molar refractivity (Wildman–Crippen MR) is 158 cm³/mol. The SMILES string of the molecule is CC(C)Cc1cccc2nc(-c3ccc(-c4ccc5c(c4)c4ccccc4n5-c4ccccc4)cc3)oc12. The highest BCUT2D eigenvalue weighted by atomic mass is 16.3. The molecule has 0 saturated carbocycles. The third-order valence-corrected chi connectivity index (χ3v) is 7.28. The second-order valence-electron chi connectivity index (χ2n) is 10.4. The predicted octanol–water partition coefficient (Wildman–Crippen LogP) is 9.46. The summed E-state index contributed by atoms with van der Waals surface area (Å²) < 4.78 is 8.61. The van der Waals surface area contributed by atoms with Crippen LogP contribution in [0.5, 0.6) is 0 Å².